The van der Waals surface area contributed by atoms with E-state index in [1.54, 1.807) is 0 Å². The first-order valence-electron chi connectivity index (χ1n) is 0. The number of hydrogen-bond acceptors (Lipinski definition) is 0. The van der Waals surface area contributed by atoms with Crippen molar-refractivity contribution >= 4 is 35.3 Å². The molecule has 1 unspecified atom stereocenters. The Morgan fingerprint density at radius 2 is 1.00 bits per heavy atom. The molecule has 0 aliphatic carbocycles. The third-order valence-corrected chi connectivity index (χ3v) is 0. The van der Waals surface area contributed by atoms with Gasteiger partial charge >= 0.3 is 18.0 Å². The van der Waals surface area contributed by atoms with Crippen LogP contribution in [0.1, 0.15) is 0 Å². The van der Waals surface area contributed by atoms with E-state index in [9.17, 15) is 0 Å². The zero-order chi connectivity index (χ0) is 0. The minimum absolute atomic E-state index is 0. The van der Waals surface area contributed by atoms with Crippen molar-refractivity contribution in [2.24, 2.45) is 0 Å². The molecular formula is H6AlAsCrFe. The topological polar surface area (TPSA) is 0 Å². The summed E-state index contributed by atoms with van der Waals surface area (Å²) in [6, 6.07) is 0. The Hall–Kier alpha value is 2.14. The van der Waals surface area contributed by atoms with Gasteiger partial charge in [0, 0.05) is 34.4 Å². The van der Waals surface area contributed by atoms with Crippen LogP contribution in [-0.2, 0) is 34.4 Å². The van der Waals surface area contributed by atoms with E-state index in [-0.39, 0.29) is 69.7 Å². The van der Waals surface area contributed by atoms with Crippen molar-refractivity contribution in [1.29, 1.82) is 0 Å². The summed E-state index contributed by atoms with van der Waals surface area (Å²) >= 11 is 0. The molecule has 0 aliphatic heterocycles. The van der Waals surface area contributed by atoms with Crippen LogP contribution in [0.5, 0.6) is 0 Å². The quantitative estimate of drug-likeness (QED) is 0.397. The first kappa shape index (κ1) is 35.4. The van der Waals surface area contributed by atoms with E-state index in [1.807, 2.05) is 0 Å². The van der Waals surface area contributed by atoms with Crippen LogP contribution in [0.4, 0.5) is 0 Å². The van der Waals surface area contributed by atoms with Gasteiger partial charge in [0.2, 0.25) is 0 Å². The monoisotopic (exact) mass is 216 g/mol. The van der Waals surface area contributed by atoms with E-state index in [2.05, 4.69) is 0 Å². The fourth-order valence-corrected chi connectivity index (χ4v) is 0. The van der Waals surface area contributed by atoms with Gasteiger partial charge in [-0.15, -0.1) is 0 Å². The average molecular weight is 216 g/mol. The second-order valence-corrected chi connectivity index (χ2v) is 0. The van der Waals surface area contributed by atoms with Crippen molar-refractivity contribution in [2.45, 2.75) is 0 Å². The summed E-state index contributed by atoms with van der Waals surface area (Å²) in [6.07, 6.45) is 0. The zero-order valence-corrected chi connectivity index (χ0v) is 6.82. The van der Waals surface area contributed by atoms with Crippen molar-refractivity contribution in [3.05, 3.63) is 0 Å². The van der Waals surface area contributed by atoms with Gasteiger partial charge < -0.3 is 0 Å². The molecule has 0 saturated carbocycles. The Bertz CT molecular complexity index is 8.00. The molecular weight excluding hydrogens is 210 g/mol. The maximum atomic E-state index is 0. The van der Waals surface area contributed by atoms with E-state index in [4.69, 9.17) is 0 Å². The third kappa shape index (κ3) is 8.91. The molecule has 28 valence electrons. The molecule has 0 saturated heterocycles. The van der Waals surface area contributed by atoms with Crippen LogP contribution < -0.4 is 0 Å². The van der Waals surface area contributed by atoms with Crippen molar-refractivity contribution in [3.8, 4) is 0 Å². The molecule has 1 atom stereocenters. The number of hydrogen-bond donors (Lipinski definition) is 0. The molecule has 0 aromatic carbocycles. The van der Waals surface area contributed by atoms with Gasteiger partial charge in [-0.05, 0) is 0 Å². The average Bonchev–Trinajstić information content (AvgIpc) is 0. The summed E-state index contributed by atoms with van der Waals surface area (Å²) in [5.41, 5.74) is 0. The van der Waals surface area contributed by atoms with E-state index in [1.165, 1.54) is 0 Å². The normalized spacial score (nSPS) is 0. The molecule has 0 aliphatic rings. The van der Waals surface area contributed by atoms with Crippen LogP contribution in [0.3, 0.4) is 0 Å². The minimum atomic E-state index is 0. The summed E-state index contributed by atoms with van der Waals surface area (Å²) in [6.45, 7) is 0. The van der Waals surface area contributed by atoms with Gasteiger partial charge in [-0.1, -0.05) is 0 Å². The Morgan fingerprint density at radius 1 is 1.00 bits per heavy atom. The summed E-state index contributed by atoms with van der Waals surface area (Å²) in [7, 11) is 0. The molecule has 4 heteroatoms. The molecule has 0 radical (unpaired) electrons. The van der Waals surface area contributed by atoms with Crippen molar-refractivity contribution in [1.82, 2.24) is 0 Å². The Labute approximate surface area is 69.1 Å². The van der Waals surface area contributed by atoms with E-state index in [0.717, 1.165) is 0 Å². The van der Waals surface area contributed by atoms with Gasteiger partial charge in [0.15, 0.2) is 17.4 Å². The van der Waals surface area contributed by atoms with Crippen LogP contribution in [0.2, 0.25) is 0 Å². The zero-order valence-electron chi connectivity index (χ0n) is 1.47. The van der Waals surface area contributed by atoms with E-state index in [0.29, 0.717) is 0 Å². The predicted octanol–water partition coefficient (Wildman–Crippen LogP) is -2.37. The molecule has 0 nitrogen and oxygen atoms in total. The molecule has 0 aromatic heterocycles. The van der Waals surface area contributed by atoms with Gasteiger partial charge in [0.25, 0.3) is 0 Å². The van der Waals surface area contributed by atoms with Gasteiger partial charge in [0.05, 0.1) is 0 Å². The summed E-state index contributed by atoms with van der Waals surface area (Å²) < 4.78 is 0. The van der Waals surface area contributed by atoms with Crippen LogP contribution in [0.15, 0.2) is 0 Å². The van der Waals surface area contributed by atoms with Crippen molar-refractivity contribution in [3.63, 3.8) is 0 Å². The molecule has 0 fully saturated rings. The van der Waals surface area contributed by atoms with Crippen molar-refractivity contribution in [2.75, 3.05) is 0 Å². The van der Waals surface area contributed by atoms with Gasteiger partial charge in [-0.25, -0.2) is 0 Å². The van der Waals surface area contributed by atoms with Gasteiger partial charge in [-0.3, -0.25) is 0 Å². The molecule has 0 heterocycles. The standard InChI is InChI=1S/Al.AsH3.Cr.Fe.3H/h;1H3;;;;;. The number of rotatable bonds is 0. The fraction of sp³-hybridized carbons (Fsp3) is 0. The maximum Gasteiger partial charge on any atom is 0 e. The first-order chi connectivity index (χ1) is 0. The molecule has 0 spiro atoms. The van der Waals surface area contributed by atoms with Gasteiger partial charge in [-0.2, -0.15) is 0 Å². The summed E-state index contributed by atoms with van der Waals surface area (Å²) in [5, 5.41) is 0. The van der Waals surface area contributed by atoms with Crippen molar-refractivity contribution < 1.29 is 34.4 Å². The molecule has 4 heavy (non-hydrogen) atoms. The Kier molecular flexibility index (Phi) is 170. The maximum absolute atomic E-state index is 0. The van der Waals surface area contributed by atoms with Crippen LogP contribution in [0.25, 0.3) is 0 Å². The summed E-state index contributed by atoms with van der Waals surface area (Å²) in [4.78, 5) is 0. The first-order valence-corrected chi connectivity index (χ1v) is 0. The smallest absolute Gasteiger partial charge is 0 e. The van der Waals surface area contributed by atoms with Crippen LogP contribution in [-0.4, -0.2) is 35.3 Å². The molecule has 0 amide bonds. The summed E-state index contributed by atoms with van der Waals surface area (Å²) in [5.74, 6) is 0. The molecule has 0 bridgehead atoms. The fourth-order valence-electron chi connectivity index (χ4n) is 0. The SMILES string of the molecule is [AlH3].[AsH3].[Cr].[Fe]. The van der Waals surface area contributed by atoms with Crippen LogP contribution >= 0.6 is 0 Å². The van der Waals surface area contributed by atoms with E-state index < -0.39 is 0 Å². The molecule has 0 rings (SSSR count). The Balaban J connectivity index is 0. The third-order valence-electron chi connectivity index (χ3n) is 0. The second kappa shape index (κ2) is 19.2. The van der Waals surface area contributed by atoms with Gasteiger partial charge in [0.1, 0.15) is 0 Å². The molecule has 0 N–H and O–H groups in total. The van der Waals surface area contributed by atoms with Crippen LogP contribution in [0, 0.1) is 0 Å². The predicted molar refractivity (Wildman–Crippen MR) is 19.9 cm³/mol. The minimum Gasteiger partial charge on any atom is 0 e. The second-order valence-electron chi connectivity index (χ2n) is 0. The Morgan fingerprint density at radius 3 is 1.00 bits per heavy atom. The van der Waals surface area contributed by atoms with E-state index >= 15 is 0 Å². The molecule has 0 aromatic rings. The largest absolute Gasteiger partial charge is 0 e.